The maximum Gasteiger partial charge on any atom is 0.182 e. The van der Waals surface area contributed by atoms with Gasteiger partial charge in [-0.1, -0.05) is 13.8 Å². The van der Waals surface area contributed by atoms with E-state index in [9.17, 15) is 8.87 Å². The average Bonchev–Trinajstić information content (AvgIpc) is 1.82. The Kier molecular flexibility index (Phi) is 2.24. The van der Waals surface area contributed by atoms with E-state index < -0.39 is 6.30 Å². The highest BCUT2D eigenvalue weighted by atomic mass is 19.2. The first-order valence-corrected chi connectivity index (χ1v) is 3.67. The van der Waals surface area contributed by atoms with Gasteiger partial charge in [0.2, 0.25) is 0 Å². The highest BCUT2D eigenvalue weighted by Crippen LogP contribution is 2.27. The van der Waals surface area contributed by atoms with Crippen LogP contribution in [0.2, 0.25) is 0 Å². The average molecular weight is 149 g/mol. The molecular weight excluding hydrogens is 136 g/mol. The van der Waals surface area contributed by atoms with Crippen molar-refractivity contribution in [1.29, 1.82) is 0 Å². The maximum absolute atomic E-state index is 12.7. The maximum atomic E-state index is 12.7. The van der Waals surface area contributed by atoms with Gasteiger partial charge in [-0.15, -0.1) is 9.60 Å². The minimum atomic E-state index is -1.38. The van der Waals surface area contributed by atoms with Crippen molar-refractivity contribution in [2.45, 2.75) is 26.6 Å². The monoisotopic (exact) mass is 149 g/mol. The van der Waals surface area contributed by atoms with Gasteiger partial charge in [-0.25, -0.2) is 4.39 Å². The molecule has 3 heteroatoms. The van der Waals surface area contributed by atoms with Crippen LogP contribution in [0.3, 0.4) is 0 Å². The molecule has 3 unspecified atom stereocenters. The van der Waals surface area contributed by atoms with Gasteiger partial charge in [0.25, 0.3) is 0 Å². The van der Waals surface area contributed by atoms with Crippen molar-refractivity contribution in [3.8, 4) is 0 Å². The zero-order chi connectivity index (χ0) is 7.72. The van der Waals surface area contributed by atoms with Gasteiger partial charge in [0.15, 0.2) is 6.30 Å². The smallest absolute Gasteiger partial charge is 0.182 e. The van der Waals surface area contributed by atoms with Crippen LogP contribution < -0.4 is 0 Å². The van der Waals surface area contributed by atoms with Crippen LogP contribution in [-0.4, -0.2) is 18.0 Å². The third-order valence-corrected chi connectivity index (χ3v) is 2.00. The Morgan fingerprint density at radius 2 is 2.00 bits per heavy atom. The lowest BCUT2D eigenvalue weighted by molar-refractivity contribution is -0.138. The number of nitrogens with zero attached hydrogens (tertiary/aromatic N) is 1. The predicted molar refractivity (Wildman–Crippen MR) is 35.7 cm³/mol. The second-order valence-electron chi connectivity index (χ2n) is 3.27. The third kappa shape index (κ3) is 1.45. The highest BCUT2D eigenvalue weighted by Gasteiger charge is 2.31. The Morgan fingerprint density at radius 3 is 2.50 bits per heavy atom. The lowest BCUT2D eigenvalue weighted by Crippen LogP contribution is -2.39. The van der Waals surface area contributed by atoms with Gasteiger partial charge in [0.05, 0.1) is 0 Å². The second kappa shape index (κ2) is 2.82. The summed E-state index contributed by atoms with van der Waals surface area (Å²) in [5, 5.41) is 0.304. The van der Waals surface area contributed by atoms with E-state index in [0.29, 0.717) is 5.12 Å². The Morgan fingerprint density at radius 1 is 1.40 bits per heavy atom. The first-order valence-electron chi connectivity index (χ1n) is 3.67. The molecule has 0 aromatic rings. The minimum absolute atomic E-state index is 0.159. The SMILES string of the molecule is CC1CC(C)C(F)N(F)C1. The van der Waals surface area contributed by atoms with Gasteiger partial charge < -0.3 is 0 Å². The van der Waals surface area contributed by atoms with Gasteiger partial charge in [0.1, 0.15) is 0 Å². The summed E-state index contributed by atoms with van der Waals surface area (Å²) in [6.45, 7) is 3.92. The Hall–Kier alpha value is -0.180. The number of hydrogen-bond acceptors (Lipinski definition) is 1. The normalized spacial score (nSPS) is 43.8. The minimum Gasteiger partial charge on any atom is -0.227 e. The molecule has 1 rings (SSSR count). The zero-order valence-corrected chi connectivity index (χ0v) is 6.35. The molecule has 0 saturated carbocycles. The molecule has 0 radical (unpaired) electrons. The van der Waals surface area contributed by atoms with Crippen molar-refractivity contribution in [3.63, 3.8) is 0 Å². The molecular formula is C7H13F2N. The molecule has 60 valence electrons. The summed E-state index contributed by atoms with van der Waals surface area (Å²) in [6.07, 6.45) is -0.585. The summed E-state index contributed by atoms with van der Waals surface area (Å²) in [5.41, 5.74) is 0. The van der Waals surface area contributed by atoms with E-state index in [1.165, 1.54) is 0 Å². The largest absolute Gasteiger partial charge is 0.227 e. The molecule has 0 N–H and O–H groups in total. The molecule has 1 aliphatic heterocycles. The fourth-order valence-electron chi connectivity index (χ4n) is 1.50. The van der Waals surface area contributed by atoms with Crippen molar-refractivity contribution in [2.75, 3.05) is 6.54 Å². The molecule has 0 amide bonds. The predicted octanol–water partition coefficient (Wildman–Crippen LogP) is 2.14. The molecule has 0 aromatic heterocycles. The van der Waals surface area contributed by atoms with Crippen LogP contribution in [0.25, 0.3) is 0 Å². The van der Waals surface area contributed by atoms with Crippen molar-refractivity contribution in [2.24, 2.45) is 11.8 Å². The van der Waals surface area contributed by atoms with Gasteiger partial charge in [-0.2, -0.15) is 0 Å². The fourth-order valence-corrected chi connectivity index (χ4v) is 1.50. The molecule has 1 fully saturated rings. The summed E-state index contributed by atoms with van der Waals surface area (Å²) >= 11 is 0. The standard InChI is InChI=1S/C7H13F2N/c1-5-3-6(2)7(8)10(9)4-5/h5-7H,3-4H2,1-2H3. The number of hydrogen-bond donors (Lipinski definition) is 0. The van der Waals surface area contributed by atoms with Crippen LogP contribution >= 0.6 is 0 Å². The van der Waals surface area contributed by atoms with Crippen LogP contribution in [-0.2, 0) is 0 Å². The van der Waals surface area contributed by atoms with Crippen LogP contribution in [0.15, 0.2) is 0 Å². The second-order valence-corrected chi connectivity index (χ2v) is 3.27. The number of piperidine rings is 1. The molecule has 0 aromatic carbocycles. The van der Waals surface area contributed by atoms with E-state index in [0.717, 1.165) is 6.42 Å². The topological polar surface area (TPSA) is 3.24 Å². The Labute approximate surface area is 59.9 Å². The summed E-state index contributed by atoms with van der Waals surface area (Å²) < 4.78 is 25.2. The van der Waals surface area contributed by atoms with E-state index in [4.69, 9.17) is 0 Å². The molecule has 1 aliphatic rings. The van der Waals surface area contributed by atoms with Crippen LogP contribution in [0.5, 0.6) is 0 Å². The van der Waals surface area contributed by atoms with Gasteiger partial charge in [-0.3, -0.25) is 0 Å². The Bertz CT molecular complexity index is 106. The fraction of sp³-hybridized carbons (Fsp3) is 1.00. The molecule has 0 bridgehead atoms. The van der Waals surface area contributed by atoms with Gasteiger partial charge in [-0.05, 0) is 12.3 Å². The summed E-state index contributed by atoms with van der Waals surface area (Å²) in [4.78, 5) is 0. The van der Waals surface area contributed by atoms with E-state index in [1.807, 2.05) is 6.92 Å². The quantitative estimate of drug-likeness (QED) is 0.377. The zero-order valence-electron chi connectivity index (χ0n) is 6.35. The first-order chi connectivity index (χ1) is 4.61. The van der Waals surface area contributed by atoms with Crippen LogP contribution in [0.4, 0.5) is 8.87 Å². The number of halogens is 2. The van der Waals surface area contributed by atoms with E-state index in [-0.39, 0.29) is 18.4 Å². The molecule has 3 atom stereocenters. The molecule has 1 heterocycles. The van der Waals surface area contributed by atoms with Gasteiger partial charge >= 0.3 is 0 Å². The first kappa shape index (κ1) is 7.92. The molecule has 1 nitrogen and oxygen atoms in total. The van der Waals surface area contributed by atoms with Gasteiger partial charge in [0, 0.05) is 12.5 Å². The van der Waals surface area contributed by atoms with Crippen molar-refractivity contribution in [1.82, 2.24) is 5.12 Å². The Balaban J connectivity index is 2.49. The van der Waals surface area contributed by atoms with Crippen molar-refractivity contribution < 1.29 is 8.87 Å². The molecule has 0 aliphatic carbocycles. The lowest BCUT2D eigenvalue weighted by atomic mass is 9.92. The van der Waals surface area contributed by atoms with Crippen molar-refractivity contribution >= 4 is 0 Å². The highest BCUT2D eigenvalue weighted by molar-refractivity contribution is 4.73. The summed E-state index contributed by atoms with van der Waals surface area (Å²) in [7, 11) is 0. The van der Waals surface area contributed by atoms with Crippen LogP contribution in [0, 0.1) is 11.8 Å². The van der Waals surface area contributed by atoms with E-state index >= 15 is 0 Å². The lowest BCUT2D eigenvalue weighted by Gasteiger charge is -2.31. The number of alkyl halides is 1. The molecule has 0 spiro atoms. The molecule has 10 heavy (non-hydrogen) atoms. The summed E-state index contributed by atoms with van der Waals surface area (Å²) in [6, 6.07) is 0. The number of rotatable bonds is 0. The van der Waals surface area contributed by atoms with Crippen LogP contribution in [0.1, 0.15) is 20.3 Å². The summed E-state index contributed by atoms with van der Waals surface area (Å²) in [5.74, 6) is 0.126. The molecule has 1 saturated heterocycles. The van der Waals surface area contributed by atoms with Crippen molar-refractivity contribution in [3.05, 3.63) is 0 Å². The van der Waals surface area contributed by atoms with E-state index in [2.05, 4.69) is 0 Å². The van der Waals surface area contributed by atoms with E-state index in [1.54, 1.807) is 6.92 Å². The third-order valence-electron chi connectivity index (χ3n) is 2.00.